The zero-order valence-electron chi connectivity index (χ0n) is 17.9. The van der Waals surface area contributed by atoms with Crippen molar-refractivity contribution in [3.63, 3.8) is 0 Å². The number of hydrogen-bond acceptors (Lipinski definition) is 7. The summed E-state index contributed by atoms with van der Waals surface area (Å²) < 4.78 is 7.68. The van der Waals surface area contributed by atoms with Crippen LogP contribution < -0.4 is 21.3 Å². The predicted octanol–water partition coefficient (Wildman–Crippen LogP) is 1.05. The molecule has 1 aliphatic rings. The topological polar surface area (TPSA) is 136 Å². The molecule has 1 amide bonds. The molecule has 4 aromatic rings. The molecule has 0 spiro atoms. The summed E-state index contributed by atoms with van der Waals surface area (Å²) >= 11 is 0. The van der Waals surface area contributed by atoms with Crippen LogP contribution in [0.3, 0.4) is 0 Å². The molecule has 166 valence electrons. The monoisotopic (exact) mass is 443 g/mol. The van der Waals surface area contributed by atoms with Gasteiger partial charge >= 0.3 is 7.12 Å². The van der Waals surface area contributed by atoms with E-state index in [9.17, 15) is 14.8 Å². The largest absolute Gasteiger partial charge is 0.488 e. The second-order valence-electron chi connectivity index (χ2n) is 7.94. The van der Waals surface area contributed by atoms with E-state index in [0.29, 0.717) is 48.1 Å². The van der Waals surface area contributed by atoms with E-state index in [1.165, 1.54) is 0 Å². The quantitative estimate of drug-likeness (QED) is 0.327. The number of benzene rings is 2. The van der Waals surface area contributed by atoms with E-state index in [0.717, 1.165) is 27.9 Å². The van der Waals surface area contributed by atoms with Crippen LogP contribution in [0.2, 0.25) is 0 Å². The van der Waals surface area contributed by atoms with Gasteiger partial charge in [-0.05, 0) is 36.1 Å². The van der Waals surface area contributed by atoms with Crippen LogP contribution >= 0.6 is 0 Å². The molecule has 0 unspecified atom stereocenters. The van der Waals surface area contributed by atoms with E-state index < -0.39 is 13.0 Å². The molecule has 5 rings (SSSR count). The summed E-state index contributed by atoms with van der Waals surface area (Å²) in [5.74, 6) is 1.15. The van der Waals surface area contributed by atoms with Gasteiger partial charge in [0.15, 0.2) is 11.6 Å². The van der Waals surface area contributed by atoms with Gasteiger partial charge in [-0.25, -0.2) is 4.98 Å². The van der Waals surface area contributed by atoms with Crippen LogP contribution in [0.5, 0.6) is 5.75 Å². The van der Waals surface area contributed by atoms with Crippen LogP contribution in [0.15, 0.2) is 48.5 Å². The molecule has 0 saturated carbocycles. The average Bonchev–Trinajstić information content (AvgIpc) is 3.40. The van der Waals surface area contributed by atoms with E-state index in [2.05, 4.69) is 5.32 Å². The van der Waals surface area contributed by atoms with Gasteiger partial charge in [0.25, 0.3) is 0 Å². The van der Waals surface area contributed by atoms with Crippen LogP contribution in [-0.2, 0) is 13.0 Å². The van der Waals surface area contributed by atoms with Gasteiger partial charge < -0.3 is 25.8 Å². The van der Waals surface area contributed by atoms with Crippen LogP contribution in [0.1, 0.15) is 27.3 Å². The predicted molar refractivity (Wildman–Crippen MR) is 125 cm³/mol. The zero-order valence-corrected chi connectivity index (χ0v) is 17.9. The second-order valence-corrected chi connectivity index (χ2v) is 7.94. The van der Waals surface area contributed by atoms with Crippen LogP contribution in [-0.4, -0.2) is 44.2 Å². The fourth-order valence-corrected chi connectivity index (χ4v) is 4.17. The normalized spacial score (nSPS) is 12.5. The van der Waals surface area contributed by atoms with Crippen molar-refractivity contribution in [3.05, 3.63) is 71.0 Å². The highest BCUT2D eigenvalue weighted by molar-refractivity contribution is 6.58. The molecule has 1 aliphatic heterocycles. The number of fused-ring (bicyclic) bond motifs is 2. The third kappa shape index (κ3) is 3.79. The number of aryl methyl sites for hydroxylation is 1. The maximum atomic E-state index is 11.9. The molecular weight excluding hydrogens is 421 g/mol. The van der Waals surface area contributed by atoms with Crippen molar-refractivity contribution in [3.8, 4) is 11.7 Å². The summed E-state index contributed by atoms with van der Waals surface area (Å²) in [5, 5.41) is 22.9. The second kappa shape index (κ2) is 8.23. The molecule has 10 heteroatoms. The van der Waals surface area contributed by atoms with Crippen LogP contribution in [0.4, 0.5) is 5.82 Å². The molecule has 2 aromatic carbocycles. The smallest absolute Gasteiger partial charge is 0.487 e. The number of carbonyl (C=O) groups excluding carboxylic acids is 1. The van der Waals surface area contributed by atoms with Gasteiger partial charge in [0.05, 0.1) is 17.8 Å². The lowest BCUT2D eigenvalue weighted by molar-refractivity contribution is 0.100. The summed E-state index contributed by atoms with van der Waals surface area (Å²) in [6, 6.07) is 14.3. The Morgan fingerprint density at radius 3 is 2.82 bits per heavy atom. The highest BCUT2D eigenvalue weighted by atomic mass is 16.5. The first kappa shape index (κ1) is 21.0. The number of rotatable bonds is 6. The fourth-order valence-electron chi connectivity index (χ4n) is 4.17. The van der Waals surface area contributed by atoms with Gasteiger partial charge in [0, 0.05) is 29.6 Å². The van der Waals surface area contributed by atoms with Crippen molar-refractivity contribution in [1.29, 1.82) is 0 Å². The van der Waals surface area contributed by atoms with Crippen molar-refractivity contribution < 1.29 is 19.6 Å². The third-order valence-electron chi connectivity index (χ3n) is 5.71. The molecule has 2 aromatic heterocycles. The molecule has 33 heavy (non-hydrogen) atoms. The highest BCUT2D eigenvalue weighted by Gasteiger charge is 2.23. The summed E-state index contributed by atoms with van der Waals surface area (Å²) in [6.45, 7) is 2.85. The Morgan fingerprint density at radius 1 is 1.21 bits per heavy atom. The Bertz CT molecular complexity index is 1390. The zero-order chi connectivity index (χ0) is 23.1. The highest BCUT2D eigenvalue weighted by Crippen LogP contribution is 2.34. The molecule has 0 fully saturated rings. The van der Waals surface area contributed by atoms with Gasteiger partial charge in [0.1, 0.15) is 0 Å². The van der Waals surface area contributed by atoms with E-state index in [1.54, 1.807) is 30.3 Å². The number of nitrogens with zero attached hydrogens (tertiary/aromatic N) is 3. The maximum absolute atomic E-state index is 11.9. The number of aromatic nitrogens is 3. The lowest BCUT2D eigenvalue weighted by Crippen LogP contribution is -2.30. The molecular formula is C23H22BN5O4. The van der Waals surface area contributed by atoms with Crippen LogP contribution in [0.25, 0.3) is 16.9 Å². The summed E-state index contributed by atoms with van der Waals surface area (Å²) in [6.07, 6.45) is 0.663. The minimum atomic E-state index is -1.53. The first-order valence-electron chi connectivity index (χ1n) is 10.6. The number of primary amides is 1. The molecule has 0 bridgehead atoms. The van der Waals surface area contributed by atoms with Gasteiger partial charge in [-0.3, -0.25) is 9.36 Å². The molecule has 0 radical (unpaired) electrons. The van der Waals surface area contributed by atoms with Gasteiger partial charge in [-0.2, -0.15) is 4.98 Å². The van der Waals surface area contributed by atoms with E-state index in [1.807, 2.05) is 29.7 Å². The van der Waals surface area contributed by atoms with Crippen molar-refractivity contribution in [2.24, 2.45) is 5.73 Å². The Hall–Kier alpha value is -3.89. The van der Waals surface area contributed by atoms with Crippen molar-refractivity contribution >= 4 is 35.2 Å². The van der Waals surface area contributed by atoms with Gasteiger partial charge in [-0.1, -0.05) is 30.3 Å². The molecule has 9 nitrogen and oxygen atoms in total. The molecule has 5 N–H and O–H groups in total. The van der Waals surface area contributed by atoms with E-state index >= 15 is 0 Å². The first-order chi connectivity index (χ1) is 15.9. The molecule has 0 aliphatic carbocycles. The van der Waals surface area contributed by atoms with Crippen molar-refractivity contribution in [2.75, 3.05) is 11.9 Å². The number of nitrogens with two attached hydrogens (primary N) is 1. The van der Waals surface area contributed by atoms with Crippen LogP contribution in [0, 0.1) is 6.92 Å². The average molecular weight is 443 g/mol. The Morgan fingerprint density at radius 2 is 2.03 bits per heavy atom. The fraction of sp³-hybridized carbons (Fsp3) is 0.174. The minimum Gasteiger partial charge on any atom is -0.487 e. The lowest BCUT2D eigenvalue weighted by atomic mass is 9.80. The molecule has 0 saturated heterocycles. The maximum Gasteiger partial charge on any atom is 0.488 e. The van der Waals surface area contributed by atoms with Gasteiger partial charge in [-0.15, -0.1) is 0 Å². The van der Waals surface area contributed by atoms with Gasteiger partial charge in [0.2, 0.25) is 11.9 Å². The number of nitrogens with one attached hydrogen (secondary N) is 1. The Labute approximate surface area is 190 Å². The molecule has 3 heterocycles. The van der Waals surface area contributed by atoms with E-state index in [4.69, 9.17) is 20.4 Å². The SMILES string of the molecule is Cc1cc2c(C(N)=O)cccc2n1-c1nc2c(c(NCc3cccc(B(O)O)c3)n1)OCC2. The number of hydrogen-bond donors (Lipinski definition) is 4. The number of carbonyl (C=O) groups is 1. The summed E-state index contributed by atoms with van der Waals surface area (Å²) in [7, 11) is -1.53. The third-order valence-corrected chi connectivity index (χ3v) is 5.71. The Kier molecular flexibility index (Phi) is 5.23. The number of anilines is 1. The number of amides is 1. The van der Waals surface area contributed by atoms with E-state index in [-0.39, 0.29) is 0 Å². The Balaban J connectivity index is 1.56. The summed E-state index contributed by atoms with van der Waals surface area (Å²) in [5.41, 5.74) is 9.75. The lowest BCUT2D eigenvalue weighted by Gasteiger charge is -2.14. The molecule has 0 atom stereocenters. The minimum absolute atomic E-state index is 0.407. The number of ether oxygens (including phenoxy) is 1. The van der Waals surface area contributed by atoms with Crippen molar-refractivity contribution in [2.45, 2.75) is 19.9 Å². The summed E-state index contributed by atoms with van der Waals surface area (Å²) in [4.78, 5) is 21.4. The van der Waals surface area contributed by atoms with Crippen molar-refractivity contribution in [1.82, 2.24) is 14.5 Å². The first-order valence-corrected chi connectivity index (χ1v) is 10.6. The standard InChI is InChI=1S/C23H22BN5O4/c1-13-10-17-16(21(25)30)6-3-7-19(17)29(13)23-27-18-8-9-33-20(18)22(28-23)26-12-14-4-2-5-15(11-14)24(31)32/h2-7,10-11,31-32H,8-9,12H2,1H3,(H2,25,30)(H,26,27,28).